The van der Waals surface area contributed by atoms with Crippen LogP contribution < -0.4 is 9.46 Å². The molecule has 5 nitrogen and oxygen atoms in total. The standard InChI is InChI=1S/C14H12ClNO4S/c1-20-12-6-2-10(3-7-12)14(17)16-21(18,19)13-8-4-11(15)5-9-13/h2-9H,1H3,(H,16,17). The van der Waals surface area contributed by atoms with Gasteiger partial charge in [-0.1, -0.05) is 11.6 Å². The Morgan fingerprint density at radius 1 is 1.05 bits per heavy atom. The molecule has 2 rings (SSSR count). The predicted molar refractivity (Wildman–Crippen MR) is 79.1 cm³/mol. The van der Waals surface area contributed by atoms with Crippen molar-refractivity contribution in [2.45, 2.75) is 4.90 Å². The van der Waals surface area contributed by atoms with Crippen LogP contribution in [0.3, 0.4) is 0 Å². The second kappa shape index (κ2) is 6.15. The van der Waals surface area contributed by atoms with Crippen molar-refractivity contribution in [3.05, 3.63) is 59.1 Å². The fraction of sp³-hybridized carbons (Fsp3) is 0.0714. The van der Waals surface area contributed by atoms with E-state index in [0.717, 1.165) is 0 Å². The van der Waals surface area contributed by atoms with Crippen molar-refractivity contribution in [2.75, 3.05) is 7.11 Å². The molecule has 0 aliphatic heterocycles. The van der Waals surface area contributed by atoms with Crippen LogP contribution in [-0.4, -0.2) is 21.4 Å². The van der Waals surface area contributed by atoms with Crippen LogP contribution in [0.25, 0.3) is 0 Å². The summed E-state index contributed by atoms with van der Waals surface area (Å²) >= 11 is 5.70. The summed E-state index contributed by atoms with van der Waals surface area (Å²) in [6, 6.07) is 11.6. The number of hydrogen-bond acceptors (Lipinski definition) is 4. The number of hydrogen-bond donors (Lipinski definition) is 1. The van der Waals surface area contributed by atoms with Gasteiger partial charge in [-0.05, 0) is 48.5 Å². The van der Waals surface area contributed by atoms with Crippen LogP contribution in [0.4, 0.5) is 0 Å². The van der Waals surface area contributed by atoms with Crippen LogP contribution in [-0.2, 0) is 10.0 Å². The molecular formula is C14H12ClNO4S. The van der Waals surface area contributed by atoms with E-state index in [-0.39, 0.29) is 10.5 Å². The zero-order chi connectivity index (χ0) is 15.5. The van der Waals surface area contributed by atoms with E-state index in [1.54, 1.807) is 12.1 Å². The predicted octanol–water partition coefficient (Wildman–Crippen LogP) is 2.47. The normalized spacial score (nSPS) is 11.0. The van der Waals surface area contributed by atoms with Crippen molar-refractivity contribution in [3.63, 3.8) is 0 Å². The van der Waals surface area contributed by atoms with Crippen molar-refractivity contribution in [1.29, 1.82) is 0 Å². The molecule has 0 unspecified atom stereocenters. The lowest BCUT2D eigenvalue weighted by Crippen LogP contribution is -2.30. The average Bonchev–Trinajstić information content (AvgIpc) is 2.47. The fourth-order valence-electron chi connectivity index (χ4n) is 1.60. The lowest BCUT2D eigenvalue weighted by molar-refractivity contribution is 0.0981. The Kier molecular flexibility index (Phi) is 4.50. The Labute approximate surface area is 127 Å². The molecule has 0 aromatic heterocycles. The van der Waals surface area contributed by atoms with Crippen molar-refractivity contribution in [1.82, 2.24) is 4.72 Å². The molecule has 0 aliphatic rings. The van der Waals surface area contributed by atoms with Crippen molar-refractivity contribution in [2.24, 2.45) is 0 Å². The Morgan fingerprint density at radius 2 is 1.62 bits per heavy atom. The molecule has 0 fully saturated rings. The molecular weight excluding hydrogens is 314 g/mol. The minimum Gasteiger partial charge on any atom is -0.497 e. The first-order valence-electron chi connectivity index (χ1n) is 5.89. The number of benzene rings is 2. The summed E-state index contributed by atoms with van der Waals surface area (Å²) in [4.78, 5) is 11.9. The molecule has 1 N–H and O–H groups in total. The summed E-state index contributed by atoms with van der Waals surface area (Å²) in [7, 11) is -2.43. The number of carbonyl (C=O) groups excluding carboxylic acids is 1. The van der Waals surface area contributed by atoms with Gasteiger partial charge in [0.1, 0.15) is 5.75 Å². The van der Waals surface area contributed by atoms with E-state index < -0.39 is 15.9 Å². The molecule has 0 aliphatic carbocycles. The third-order valence-electron chi connectivity index (χ3n) is 2.70. The van der Waals surface area contributed by atoms with Gasteiger partial charge < -0.3 is 4.74 Å². The molecule has 1 amide bonds. The number of carbonyl (C=O) groups is 1. The minimum absolute atomic E-state index is 0.0336. The molecule has 0 saturated heterocycles. The highest BCUT2D eigenvalue weighted by Crippen LogP contribution is 2.15. The number of amides is 1. The first kappa shape index (κ1) is 15.3. The van der Waals surface area contributed by atoms with Gasteiger partial charge in [0, 0.05) is 10.6 Å². The Balaban J connectivity index is 2.19. The van der Waals surface area contributed by atoms with E-state index in [1.165, 1.54) is 43.5 Å². The molecule has 0 atom stereocenters. The summed E-state index contributed by atoms with van der Waals surface area (Å²) in [6.07, 6.45) is 0. The second-order valence-electron chi connectivity index (χ2n) is 4.12. The highest BCUT2D eigenvalue weighted by Gasteiger charge is 2.18. The summed E-state index contributed by atoms with van der Waals surface area (Å²) in [6.45, 7) is 0. The highest BCUT2D eigenvalue weighted by molar-refractivity contribution is 7.90. The summed E-state index contributed by atoms with van der Waals surface area (Å²) in [5, 5.41) is 0.412. The van der Waals surface area contributed by atoms with Gasteiger partial charge in [0.25, 0.3) is 15.9 Å². The van der Waals surface area contributed by atoms with Gasteiger partial charge >= 0.3 is 0 Å². The average molecular weight is 326 g/mol. The quantitative estimate of drug-likeness (QED) is 0.937. The van der Waals surface area contributed by atoms with E-state index in [2.05, 4.69) is 0 Å². The van der Waals surface area contributed by atoms with Gasteiger partial charge in [-0.3, -0.25) is 4.79 Å². The molecule has 0 saturated carbocycles. The fourth-order valence-corrected chi connectivity index (χ4v) is 2.70. The highest BCUT2D eigenvalue weighted by atomic mass is 35.5. The van der Waals surface area contributed by atoms with Crippen molar-refractivity contribution in [3.8, 4) is 5.75 Å². The molecule has 0 spiro atoms. The van der Waals surface area contributed by atoms with Gasteiger partial charge in [-0.2, -0.15) is 0 Å². The zero-order valence-electron chi connectivity index (χ0n) is 11.0. The molecule has 21 heavy (non-hydrogen) atoms. The number of ether oxygens (including phenoxy) is 1. The zero-order valence-corrected chi connectivity index (χ0v) is 12.6. The van der Waals surface area contributed by atoms with E-state index in [4.69, 9.17) is 16.3 Å². The number of methoxy groups -OCH3 is 1. The Bertz CT molecular complexity index is 740. The van der Waals surface area contributed by atoms with Crippen molar-refractivity contribution < 1.29 is 17.9 Å². The Hall–Kier alpha value is -2.05. The number of halogens is 1. The number of sulfonamides is 1. The maximum absolute atomic E-state index is 12.1. The monoisotopic (exact) mass is 325 g/mol. The van der Waals surface area contributed by atoms with Crippen molar-refractivity contribution >= 4 is 27.5 Å². The molecule has 0 heterocycles. The molecule has 0 bridgehead atoms. The van der Waals surface area contributed by atoms with E-state index >= 15 is 0 Å². The second-order valence-corrected chi connectivity index (χ2v) is 6.24. The summed E-state index contributed by atoms with van der Waals surface area (Å²) < 4.78 is 31.1. The van der Waals surface area contributed by atoms with E-state index in [1.807, 2.05) is 4.72 Å². The van der Waals surface area contributed by atoms with Crippen LogP contribution >= 0.6 is 11.6 Å². The Morgan fingerprint density at radius 3 is 2.14 bits per heavy atom. The van der Waals surface area contributed by atoms with Crippen LogP contribution in [0.2, 0.25) is 5.02 Å². The molecule has 110 valence electrons. The smallest absolute Gasteiger partial charge is 0.265 e. The molecule has 0 radical (unpaired) electrons. The molecule has 7 heteroatoms. The van der Waals surface area contributed by atoms with Gasteiger partial charge in [0.05, 0.1) is 12.0 Å². The summed E-state index contributed by atoms with van der Waals surface area (Å²) in [5.41, 5.74) is 0.216. The van der Waals surface area contributed by atoms with E-state index in [9.17, 15) is 13.2 Å². The first-order valence-corrected chi connectivity index (χ1v) is 7.75. The van der Waals surface area contributed by atoms with E-state index in [0.29, 0.717) is 10.8 Å². The topological polar surface area (TPSA) is 72.5 Å². The lowest BCUT2D eigenvalue weighted by atomic mass is 10.2. The summed E-state index contributed by atoms with van der Waals surface area (Å²) in [5.74, 6) is -0.139. The minimum atomic E-state index is -3.93. The van der Waals surface area contributed by atoms with Crippen LogP contribution in [0.15, 0.2) is 53.4 Å². The van der Waals surface area contributed by atoms with Crippen LogP contribution in [0, 0.1) is 0 Å². The van der Waals surface area contributed by atoms with Gasteiger partial charge in [0.2, 0.25) is 0 Å². The number of rotatable bonds is 4. The largest absolute Gasteiger partial charge is 0.497 e. The van der Waals surface area contributed by atoms with Gasteiger partial charge in [0.15, 0.2) is 0 Å². The first-order chi connectivity index (χ1) is 9.92. The van der Waals surface area contributed by atoms with Crippen LogP contribution in [0.1, 0.15) is 10.4 Å². The van der Waals surface area contributed by atoms with Crippen LogP contribution in [0.5, 0.6) is 5.75 Å². The third-order valence-corrected chi connectivity index (χ3v) is 4.30. The van der Waals surface area contributed by atoms with Gasteiger partial charge in [-0.25, -0.2) is 13.1 Å². The third kappa shape index (κ3) is 3.74. The molecule has 2 aromatic rings. The maximum atomic E-state index is 12.1. The maximum Gasteiger partial charge on any atom is 0.265 e. The molecule has 2 aromatic carbocycles. The SMILES string of the molecule is COc1ccc(C(=O)NS(=O)(=O)c2ccc(Cl)cc2)cc1. The number of nitrogens with one attached hydrogen (secondary N) is 1. The lowest BCUT2D eigenvalue weighted by Gasteiger charge is -2.07. The van der Waals surface area contributed by atoms with Gasteiger partial charge in [-0.15, -0.1) is 0 Å².